The molecule has 1 aliphatic carbocycles. The molecular formula is C53H34N4. The Hall–Kier alpha value is -7.74. The highest BCUT2D eigenvalue weighted by Gasteiger charge is 2.46. The highest BCUT2D eigenvalue weighted by molar-refractivity contribution is 5.91. The molecule has 4 heteroatoms. The van der Waals surface area contributed by atoms with E-state index in [1.165, 1.54) is 22.3 Å². The first kappa shape index (κ1) is 33.8. The van der Waals surface area contributed by atoms with E-state index in [1.54, 1.807) is 0 Å². The van der Waals surface area contributed by atoms with Crippen molar-refractivity contribution in [3.05, 3.63) is 240 Å². The maximum atomic E-state index is 7.90. The topological polar surface area (TPSA) is 43.0 Å². The lowest BCUT2D eigenvalue weighted by molar-refractivity contribution is 0.768. The number of aromatic nitrogens is 3. The van der Waals surface area contributed by atoms with Crippen molar-refractivity contribution in [2.24, 2.45) is 0 Å². The van der Waals surface area contributed by atoms with Crippen molar-refractivity contribution >= 4 is 5.69 Å². The van der Waals surface area contributed by atoms with Crippen molar-refractivity contribution in [2.45, 2.75) is 5.41 Å². The van der Waals surface area contributed by atoms with E-state index >= 15 is 0 Å². The number of hydrogen-bond acceptors (Lipinski definition) is 3. The van der Waals surface area contributed by atoms with Crippen LogP contribution in [0.4, 0.5) is 5.69 Å². The average Bonchev–Trinajstić information content (AvgIpc) is 3.59. The van der Waals surface area contributed by atoms with Crippen LogP contribution in [0.2, 0.25) is 0 Å². The molecule has 0 bridgehead atoms. The van der Waals surface area contributed by atoms with Crippen molar-refractivity contribution in [3.63, 3.8) is 0 Å². The van der Waals surface area contributed by atoms with Gasteiger partial charge < -0.3 is 0 Å². The quantitative estimate of drug-likeness (QED) is 0.154. The molecule has 0 fully saturated rings. The van der Waals surface area contributed by atoms with Gasteiger partial charge in [-0.15, -0.1) is 0 Å². The molecule has 8 aromatic carbocycles. The summed E-state index contributed by atoms with van der Waals surface area (Å²) in [6.07, 6.45) is 0. The van der Waals surface area contributed by atoms with Crippen LogP contribution in [-0.4, -0.2) is 15.0 Å². The van der Waals surface area contributed by atoms with Crippen LogP contribution in [0, 0.1) is 6.57 Å². The Morgan fingerprint density at radius 2 is 0.807 bits per heavy atom. The first-order chi connectivity index (χ1) is 28.2. The molecule has 266 valence electrons. The Labute approximate surface area is 332 Å². The summed E-state index contributed by atoms with van der Waals surface area (Å²) in [7, 11) is 0. The van der Waals surface area contributed by atoms with Gasteiger partial charge in [-0.1, -0.05) is 188 Å². The molecule has 0 atom stereocenters. The van der Waals surface area contributed by atoms with E-state index in [4.69, 9.17) is 21.5 Å². The van der Waals surface area contributed by atoms with Crippen molar-refractivity contribution in [1.29, 1.82) is 0 Å². The maximum absolute atomic E-state index is 7.90. The normalized spacial score (nSPS) is 12.3. The zero-order chi connectivity index (χ0) is 38.2. The smallest absolute Gasteiger partial charge is 0.187 e. The molecule has 4 nitrogen and oxygen atoms in total. The van der Waals surface area contributed by atoms with Crippen molar-refractivity contribution in [3.8, 4) is 67.5 Å². The van der Waals surface area contributed by atoms with Gasteiger partial charge >= 0.3 is 0 Å². The molecule has 0 saturated heterocycles. The van der Waals surface area contributed by atoms with Crippen LogP contribution in [0.5, 0.6) is 0 Å². The summed E-state index contributed by atoms with van der Waals surface area (Å²) in [6.45, 7) is 7.90. The Balaban J connectivity index is 1.14. The van der Waals surface area contributed by atoms with Gasteiger partial charge in [0, 0.05) is 16.7 Å². The first-order valence-electron chi connectivity index (χ1n) is 19.1. The minimum absolute atomic E-state index is 0.542. The molecule has 0 spiro atoms. The third-order valence-electron chi connectivity index (χ3n) is 11.0. The van der Waals surface area contributed by atoms with Gasteiger partial charge in [0.1, 0.15) is 0 Å². The van der Waals surface area contributed by atoms with Gasteiger partial charge in [-0.3, -0.25) is 0 Å². The Morgan fingerprint density at radius 1 is 0.333 bits per heavy atom. The van der Waals surface area contributed by atoms with Gasteiger partial charge in [0.25, 0.3) is 0 Å². The predicted molar refractivity (Wildman–Crippen MR) is 231 cm³/mol. The Bertz CT molecular complexity index is 2910. The lowest BCUT2D eigenvalue weighted by Crippen LogP contribution is -2.28. The largest absolute Gasteiger partial charge is 0.238 e. The molecule has 57 heavy (non-hydrogen) atoms. The lowest BCUT2D eigenvalue weighted by Gasteiger charge is -2.34. The van der Waals surface area contributed by atoms with Gasteiger partial charge in [-0.25, -0.2) is 19.8 Å². The number of hydrogen-bond donors (Lipinski definition) is 0. The predicted octanol–water partition coefficient (Wildman–Crippen LogP) is 13.1. The average molecular weight is 727 g/mol. The van der Waals surface area contributed by atoms with E-state index < -0.39 is 5.41 Å². The molecule has 0 aliphatic heterocycles. The number of fused-ring (bicyclic) bond motifs is 3. The van der Waals surface area contributed by atoms with Crippen LogP contribution in [0.25, 0.3) is 72.4 Å². The van der Waals surface area contributed by atoms with Crippen molar-refractivity contribution in [1.82, 2.24) is 15.0 Å². The minimum Gasteiger partial charge on any atom is -0.238 e. The first-order valence-corrected chi connectivity index (χ1v) is 19.1. The van der Waals surface area contributed by atoms with E-state index in [0.29, 0.717) is 23.2 Å². The summed E-state index contributed by atoms with van der Waals surface area (Å²) in [6, 6.07) is 71.6. The SMILES string of the molecule is [C-]#[N+]c1ccc2c(c1)-c1cc(-c3cccc(-c4nc(-c5ccccc5)nc(-c5ccccc5-c5ccccc5)n4)c3)ccc1C2(c1ccccc1)c1ccccc1. The summed E-state index contributed by atoms with van der Waals surface area (Å²) in [4.78, 5) is 19.2. The van der Waals surface area contributed by atoms with Gasteiger partial charge in [0.15, 0.2) is 23.2 Å². The third-order valence-corrected chi connectivity index (χ3v) is 11.0. The summed E-state index contributed by atoms with van der Waals surface area (Å²) in [5.41, 5.74) is 14.1. The molecule has 1 aliphatic rings. The number of benzene rings is 8. The van der Waals surface area contributed by atoms with Gasteiger partial charge in [-0.05, 0) is 73.8 Å². The third kappa shape index (κ3) is 5.82. The summed E-state index contributed by atoms with van der Waals surface area (Å²) in [5, 5.41) is 0. The molecule has 0 saturated carbocycles. The van der Waals surface area contributed by atoms with E-state index in [1.807, 2.05) is 48.5 Å². The second kappa shape index (κ2) is 14.2. The Morgan fingerprint density at radius 3 is 1.46 bits per heavy atom. The van der Waals surface area contributed by atoms with E-state index in [2.05, 4.69) is 163 Å². The van der Waals surface area contributed by atoms with Crippen LogP contribution in [0.3, 0.4) is 0 Å². The molecule has 1 aromatic heterocycles. The molecule has 9 aromatic rings. The van der Waals surface area contributed by atoms with Crippen molar-refractivity contribution in [2.75, 3.05) is 0 Å². The standard InChI is InChI=1S/C53H34N4/c1-54-43-30-32-49-47(35-43)46-34-39(29-31-48(46)53(49,41-23-10-4-11-24-41)42-25-12-5-13-26-42)38-21-16-22-40(33-38)51-55-50(37-19-8-3-9-20-37)56-52(57-51)45-28-15-14-27-44(45)36-17-6-2-7-18-36/h2-35H. The van der Waals surface area contributed by atoms with E-state index in [0.717, 1.165) is 50.1 Å². The lowest BCUT2D eigenvalue weighted by atomic mass is 9.67. The van der Waals surface area contributed by atoms with Crippen LogP contribution < -0.4 is 0 Å². The van der Waals surface area contributed by atoms with Crippen molar-refractivity contribution < 1.29 is 0 Å². The molecule has 1 heterocycles. The molecular weight excluding hydrogens is 693 g/mol. The summed E-state index contributed by atoms with van der Waals surface area (Å²) in [5.74, 6) is 1.84. The van der Waals surface area contributed by atoms with E-state index in [-0.39, 0.29) is 0 Å². The second-order valence-corrected chi connectivity index (χ2v) is 14.2. The fraction of sp³-hybridized carbons (Fsp3) is 0.0189. The minimum atomic E-state index is -0.542. The molecule has 10 rings (SSSR count). The zero-order valence-electron chi connectivity index (χ0n) is 30.9. The van der Waals surface area contributed by atoms with Crippen LogP contribution >= 0.6 is 0 Å². The summed E-state index contributed by atoms with van der Waals surface area (Å²) >= 11 is 0. The molecule has 0 N–H and O–H groups in total. The monoisotopic (exact) mass is 726 g/mol. The van der Waals surface area contributed by atoms with Gasteiger partial charge in [0.05, 0.1) is 12.0 Å². The maximum Gasteiger partial charge on any atom is 0.187 e. The Kier molecular flexibility index (Phi) is 8.39. The number of rotatable bonds is 7. The van der Waals surface area contributed by atoms with Crippen LogP contribution in [-0.2, 0) is 5.41 Å². The van der Waals surface area contributed by atoms with E-state index in [9.17, 15) is 0 Å². The highest BCUT2D eigenvalue weighted by atomic mass is 15.0. The molecule has 0 amide bonds. The summed E-state index contributed by atoms with van der Waals surface area (Å²) < 4.78 is 0. The van der Waals surface area contributed by atoms with Gasteiger partial charge in [-0.2, -0.15) is 0 Å². The fourth-order valence-electron chi connectivity index (χ4n) is 8.46. The molecule has 0 unspecified atom stereocenters. The van der Waals surface area contributed by atoms with Gasteiger partial charge in [0.2, 0.25) is 0 Å². The highest BCUT2D eigenvalue weighted by Crippen LogP contribution is 2.57. The van der Waals surface area contributed by atoms with Crippen LogP contribution in [0.15, 0.2) is 206 Å². The zero-order valence-corrected chi connectivity index (χ0v) is 30.9. The number of nitrogens with zero attached hydrogens (tertiary/aromatic N) is 4. The fourth-order valence-corrected chi connectivity index (χ4v) is 8.46. The molecule has 0 radical (unpaired) electrons. The van der Waals surface area contributed by atoms with Crippen LogP contribution in [0.1, 0.15) is 22.3 Å². The second-order valence-electron chi connectivity index (χ2n) is 14.2.